The zero-order valence-corrected chi connectivity index (χ0v) is 15.8. The van der Waals surface area contributed by atoms with Crippen molar-refractivity contribution in [3.05, 3.63) is 35.9 Å². The van der Waals surface area contributed by atoms with Crippen LogP contribution in [-0.4, -0.2) is 37.0 Å². The first-order valence-electron chi connectivity index (χ1n) is 9.14. The predicted octanol–water partition coefficient (Wildman–Crippen LogP) is 3.62. The summed E-state index contributed by atoms with van der Waals surface area (Å²) in [5, 5.41) is 3.45. The molecule has 0 aliphatic carbocycles. The topological polar surface area (TPSA) is 32.3 Å². The number of hydrogen-bond acceptors (Lipinski definition) is 2. The highest BCUT2D eigenvalue weighted by Crippen LogP contribution is 2.33. The van der Waals surface area contributed by atoms with Gasteiger partial charge in [-0.1, -0.05) is 30.3 Å². The van der Waals surface area contributed by atoms with Gasteiger partial charge in [0.25, 0.3) is 0 Å². The van der Waals surface area contributed by atoms with E-state index in [1.807, 2.05) is 18.2 Å². The zero-order valence-electron chi connectivity index (χ0n) is 15.0. The highest BCUT2D eigenvalue weighted by atomic mass is 35.5. The van der Waals surface area contributed by atoms with Gasteiger partial charge in [0.15, 0.2) is 0 Å². The van der Waals surface area contributed by atoms with E-state index in [1.165, 1.54) is 38.8 Å². The van der Waals surface area contributed by atoms with Crippen LogP contribution in [0.2, 0.25) is 0 Å². The molecular formula is C20H31ClN2O. The molecule has 2 saturated heterocycles. The Bertz CT molecular complexity index is 518. The fourth-order valence-electron chi connectivity index (χ4n) is 4.26. The molecule has 1 N–H and O–H groups in total. The van der Waals surface area contributed by atoms with Crippen LogP contribution >= 0.6 is 12.4 Å². The number of nitrogens with zero attached hydrogens (tertiary/aromatic N) is 1. The summed E-state index contributed by atoms with van der Waals surface area (Å²) in [6.07, 6.45) is 4.99. The molecule has 3 nitrogen and oxygen atoms in total. The highest BCUT2D eigenvalue weighted by molar-refractivity contribution is 5.87. The van der Waals surface area contributed by atoms with E-state index in [1.54, 1.807) is 0 Å². The number of carbonyl (C=O) groups is 1. The molecule has 0 aromatic heterocycles. The molecule has 0 atom stereocenters. The molecule has 0 bridgehead atoms. The maximum absolute atomic E-state index is 13.0. The Labute approximate surface area is 152 Å². The first kappa shape index (κ1) is 19.3. The van der Waals surface area contributed by atoms with Crippen LogP contribution in [0.25, 0.3) is 0 Å². The largest absolute Gasteiger partial charge is 0.342 e. The Kier molecular flexibility index (Phi) is 6.70. The smallest absolute Gasteiger partial charge is 0.232 e. The van der Waals surface area contributed by atoms with Crippen LogP contribution in [0.4, 0.5) is 0 Å². The molecule has 24 heavy (non-hydrogen) atoms. The molecular weight excluding hydrogens is 320 g/mol. The lowest BCUT2D eigenvalue weighted by Crippen LogP contribution is -2.48. The van der Waals surface area contributed by atoms with Gasteiger partial charge in [0.2, 0.25) is 5.91 Å². The normalized spacial score (nSPS) is 20.5. The molecule has 2 aliphatic heterocycles. The minimum atomic E-state index is -0.428. The van der Waals surface area contributed by atoms with E-state index >= 15 is 0 Å². The number of piperidine rings is 2. The van der Waals surface area contributed by atoms with Gasteiger partial charge in [0, 0.05) is 13.1 Å². The van der Waals surface area contributed by atoms with Crippen molar-refractivity contribution < 1.29 is 4.79 Å². The molecule has 4 heteroatoms. The van der Waals surface area contributed by atoms with Crippen molar-refractivity contribution in [1.82, 2.24) is 10.2 Å². The second-order valence-corrected chi connectivity index (χ2v) is 7.71. The van der Waals surface area contributed by atoms with E-state index in [4.69, 9.17) is 0 Å². The maximum Gasteiger partial charge on any atom is 0.232 e. The first-order valence-corrected chi connectivity index (χ1v) is 9.14. The minimum Gasteiger partial charge on any atom is -0.342 e. The van der Waals surface area contributed by atoms with Crippen LogP contribution in [0.15, 0.2) is 30.3 Å². The second-order valence-electron chi connectivity index (χ2n) is 7.71. The number of amides is 1. The number of hydrogen-bond donors (Lipinski definition) is 1. The third-order valence-corrected chi connectivity index (χ3v) is 5.91. The first-order chi connectivity index (χ1) is 11.1. The van der Waals surface area contributed by atoms with Gasteiger partial charge < -0.3 is 10.2 Å². The molecule has 0 saturated carbocycles. The van der Waals surface area contributed by atoms with Crippen LogP contribution in [0, 0.1) is 11.8 Å². The summed E-state index contributed by atoms with van der Waals surface area (Å²) in [7, 11) is 0. The van der Waals surface area contributed by atoms with E-state index in [-0.39, 0.29) is 18.3 Å². The Morgan fingerprint density at radius 2 is 1.54 bits per heavy atom. The molecule has 2 fully saturated rings. The van der Waals surface area contributed by atoms with Crippen LogP contribution < -0.4 is 5.32 Å². The highest BCUT2D eigenvalue weighted by Gasteiger charge is 2.36. The summed E-state index contributed by atoms with van der Waals surface area (Å²) in [6, 6.07) is 10.2. The van der Waals surface area contributed by atoms with E-state index < -0.39 is 5.41 Å². The maximum atomic E-state index is 13.0. The number of likely N-dealkylation sites (tertiary alicyclic amines) is 1. The number of rotatable bonds is 3. The van der Waals surface area contributed by atoms with Crippen LogP contribution in [0.3, 0.4) is 0 Å². The lowest BCUT2D eigenvalue weighted by Gasteiger charge is -2.40. The van der Waals surface area contributed by atoms with Crippen molar-refractivity contribution in [2.45, 2.75) is 44.9 Å². The van der Waals surface area contributed by atoms with Gasteiger partial charge in [0.05, 0.1) is 5.41 Å². The second kappa shape index (κ2) is 8.35. The summed E-state index contributed by atoms with van der Waals surface area (Å²) < 4.78 is 0. The van der Waals surface area contributed by atoms with E-state index in [0.29, 0.717) is 0 Å². The fraction of sp³-hybridized carbons (Fsp3) is 0.650. The number of benzene rings is 1. The molecule has 3 rings (SSSR count). The summed E-state index contributed by atoms with van der Waals surface area (Å²) >= 11 is 0. The van der Waals surface area contributed by atoms with Gasteiger partial charge in [-0.3, -0.25) is 4.79 Å². The summed E-state index contributed by atoms with van der Waals surface area (Å²) in [6.45, 7) is 8.33. The summed E-state index contributed by atoms with van der Waals surface area (Å²) in [5.74, 6) is 1.98. The third kappa shape index (κ3) is 4.12. The minimum absolute atomic E-state index is 0. The molecule has 2 aliphatic rings. The predicted molar refractivity (Wildman–Crippen MR) is 102 cm³/mol. The average molecular weight is 351 g/mol. The molecule has 0 spiro atoms. The third-order valence-electron chi connectivity index (χ3n) is 5.91. The molecule has 0 unspecified atom stereocenters. The van der Waals surface area contributed by atoms with E-state index in [2.05, 4.69) is 36.2 Å². The van der Waals surface area contributed by atoms with E-state index in [0.717, 1.165) is 30.5 Å². The zero-order chi connectivity index (χ0) is 16.3. The molecule has 1 amide bonds. The quantitative estimate of drug-likeness (QED) is 0.902. The van der Waals surface area contributed by atoms with Crippen molar-refractivity contribution in [3.8, 4) is 0 Å². The number of halogens is 1. The Hall–Kier alpha value is -1.06. The van der Waals surface area contributed by atoms with Crippen LogP contribution in [-0.2, 0) is 10.2 Å². The molecule has 1 aromatic carbocycles. The van der Waals surface area contributed by atoms with Gasteiger partial charge in [-0.2, -0.15) is 0 Å². The van der Waals surface area contributed by atoms with Gasteiger partial charge in [-0.25, -0.2) is 0 Å². The molecule has 134 valence electrons. The van der Waals surface area contributed by atoms with Crippen LogP contribution in [0.5, 0.6) is 0 Å². The monoisotopic (exact) mass is 350 g/mol. The van der Waals surface area contributed by atoms with Crippen molar-refractivity contribution in [2.24, 2.45) is 11.8 Å². The summed E-state index contributed by atoms with van der Waals surface area (Å²) in [5.41, 5.74) is 0.688. The Morgan fingerprint density at radius 3 is 2.12 bits per heavy atom. The van der Waals surface area contributed by atoms with Gasteiger partial charge in [0.1, 0.15) is 0 Å². The number of carbonyl (C=O) groups excluding carboxylic acids is 1. The average Bonchev–Trinajstić information content (AvgIpc) is 2.63. The van der Waals surface area contributed by atoms with Gasteiger partial charge in [-0.05, 0) is 70.0 Å². The lowest BCUT2D eigenvalue weighted by molar-refractivity contribution is -0.138. The van der Waals surface area contributed by atoms with Crippen molar-refractivity contribution in [2.75, 3.05) is 26.2 Å². The molecule has 0 radical (unpaired) electrons. The van der Waals surface area contributed by atoms with Crippen molar-refractivity contribution in [3.63, 3.8) is 0 Å². The Balaban J connectivity index is 0.00000208. The van der Waals surface area contributed by atoms with E-state index in [9.17, 15) is 4.79 Å². The molecule has 2 heterocycles. The fourth-order valence-corrected chi connectivity index (χ4v) is 4.26. The molecule has 1 aromatic rings. The SMILES string of the molecule is CC(C)(C(=O)N1CCC(C2CCNCC2)CC1)c1ccccc1.Cl. The van der Waals surface area contributed by atoms with Crippen LogP contribution in [0.1, 0.15) is 45.1 Å². The van der Waals surface area contributed by atoms with Crippen molar-refractivity contribution >= 4 is 18.3 Å². The Morgan fingerprint density at radius 1 is 1.00 bits per heavy atom. The standard InChI is InChI=1S/C20H30N2O.ClH/c1-20(2,18-6-4-3-5-7-18)19(23)22-14-10-17(11-15-22)16-8-12-21-13-9-16;/h3-7,16-17,21H,8-15H2,1-2H3;1H. The summed E-state index contributed by atoms with van der Waals surface area (Å²) in [4.78, 5) is 15.1. The van der Waals surface area contributed by atoms with Gasteiger partial charge >= 0.3 is 0 Å². The van der Waals surface area contributed by atoms with Gasteiger partial charge in [-0.15, -0.1) is 12.4 Å². The van der Waals surface area contributed by atoms with Crippen molar-refractivity contribution in [1.29, 1.82) is 0 Å². The lowest BCUT2D eigenvalue weighted by atomic mass is 9.78. The number of nitrogens with one attached hydrogen (secondary N) is 1.